The van der Waals surface area contributed by atoms with Crippen LogP contribution in [0.25, 0.3) is 0 Å². The number of nitrogens with zero attached hydrogens (tertiary/aromatic N) is 3. The zero-order valence-electron chi connectivity index (χ0n) is 13.2. The highest BCUT2D eigenvalue weighted by atomic mass is 35.5. The Morgan fingerprint density at radius 1 is 1.33 bits per heavy atom. The lowest BCUT2D eigenvalue weighted by Crippen LogP contribution is -2.43. The van der Waals surface area contributed by atoms with Crippen molar-refractivity contribution in [2.75, 3.05) is 6.26 Å². The molecule has 5 aliphatic rings. The molecule has 9 heteroatoms. The van der Waals surface area contributed by atoms with Gasteiger partial charge in [0.1, 0.15) is 11.9 Å². The highest BCUT2D eigenvalue weighted by Crippen LogP contribution is 2.81. The van der Waals surface area contributed by atoms with Gasteiger partial charge in [0, 0.05) is 5.56 Å². The molecular weight excluding hydrogens is 370 g/mol. The molecular formula is C15H18ClN3O3S2. The SMILES string of the molecule is C[S+]([O-])c1ccccc1CS(=O)(=O)N1C2CCCCC23N2N3C21Cl. The van der Waals surface area contributed by atoms with Gasteiger partial charge >= 0.3 is 0 Å². The van der Waals surface area contributed by atoms with Crippen LogP contribution in [0.2, 0.25) is 0 Å². The van der Waals surface area contributed by atoms with Crippen molar-refractivity contribution >= 4 is 32.8 Å². The molecule has 130 valence electrons. The van der Waals surface area contributed by atoms with Crippen molar-refractivity contribution < 1.29 is 13.0 Å². The summed E-state index contributed by atoms with van der Waals surface area (Å²) in [6.45, 7) is 0. The molecule has 1 aliphatic carbocycles. The van der Waals surface area contributed by atoms with Gasteiger partial charge in [-0.3, -0.25) is 0 Å². The molecule has 4 aliphatic heterocycles. The number of halogens is 1. The Bertz CT molecular complexity index is 821. The molecule has 1 aromatic carbocycles. The van der Waals surface area contributed by atoms with Gasteiger partial charge in [-0.2, -0.15) is 10.0 Å². The number of rotatable bonds is 4. The van der Waals surface area contributed by atoms with Crippen LogP contribution in [0.4, 0.5) is 0 Å². The van der Waals surface area contributed by atoms with Gasteiger partial charge in [-0.25, -0.2) is 8.42 Å². The van der Waals surface area contributed by atoms with E-state index in [2.05, 4.69) is 0 Å². The molecule has 1 spiro atoms. The molecule has 24 heavy (non-hydrogen) atoms. The van der Waals surface area contributed by atoms with E-state index < -0.39 is 26.4 Å². The minimum Gasteiger partial charge on any atom is -0.612 e. The lowest BCUT2D eigenvalue weighted by Gasteiger charge is -2.28. The Hall–Kier alpha value is -0.350. The number of alkyl halides is 1. The van der Waals surface area contributed by atoms with Crippen LogP contribution in [0.5, 0.6) is 0 Å². The average Bonchev–Trinajstić information content (AvgIpc) is 3.33. The minimum absolute atomic E-state index is 0.0620. The predicted octanol–water partition coefficient (Wildman–Crippen LogP) is 1.60. The molecule has 5 fully saturated rings. The Morgan fingerprint density at radius 2 is 2.04 bits per heavy atom. The van der Waals surface area contributed by atoms with E-state index in [0.717, 1.165) is 25.7 Å². The monoisotopic (exact) mass is 387 g/mol. The van der Waals surface area contributed by atoms with Gasteiger partial charge in [-0.1, -0.05) is 42.6 Å². The summed E-state index contributed by atoms with van der Waals surface area (Å²) in [5, 5.41) is 3.04. The molecule has 1 saturated carbocycles. The first-order valence-corrected chi connectivity index (χ1v) is 11.6. The first-order valence-electron chi connectivity index (χ1n) is 8.08. The second kappa shape index (κ2) is 4.68. The van der Waals surface area contributed by atoms with E-state index in [4.69, 9.17) is 11.6 Å². The molecule has 0 aromatic heterocycles. The highest BCUT2D eigenvalue weighted by Gasteiger charge is 3.02. The molecule has 4 saturated heterocycles. The Kier molecular flexibility index (Phi) is 3.09. The van der Waals surface area contributed by atoms with E-state index in [1.807, 2.05) is 10.0 Å². The Balaban J connectivity index is 1.49. The molecule has 4 heterocycles. The molecule has 4 unspecified atom stereocenters. The summed E-state index contributed by atoms with van der Waals surface area (Å²) in [6.07, 6.45) is 5.54. The van der Waals surface area contributed by atoms with Crippen LogP contribution in [0.3, 0.4) is 0 Å². The van der Waals surface area contributed by atoms with Gasteiger partial charge in [0.05, 0.1) is 11.8 Å². The van der Waals surface area contributed by atoms with Crippen molar-refractivity contribution in [2.45, 2.75) is 53.3 Å². The van der Waals surface area contributed by atoms with E-state index in [9.17, 15) is 13.0 Å². The smallest absolute Gasteiger partial charge is 0.253 e. The topological polar surface area (TPSA) is 66.5 Å². The van der Waals surface area contributed by atoms with Crippen LogP contribution in [0, 0.1) is 0 Å². The van der Waals surface area contributed by atoms with E-state index in [1.54, 1.807) is 30.5 Å². The second-order valence-electron chi connectivity index (χ2n) is 6.93. The average molecular weight is 388 g/mol. The standard InChI is InChI=1S/C15H18ClN3O3S2/c1-23(20)12-7-3-2-6-11(12)10-24(21,22)17-13-8-4-5-9-14(13)18-15(17,16)19(14)18/h2-3,6-7,13H,4-5,8-10H2,1H3. The fourth-order valence-electron chi connectivity index (χ4n) is 4.75. The highest BCUT2D eigenvalue weighted by molar-refractivity contribution is 7.91. The summed E-state index contributed by atoms with van der Waals surface area (Å²) in [7, 11) is -3.61. The lowest BCUT2D eigenvalue weighted by molar-refractivity contribution is 0.268. The summed E-state index contributed by atoms with van der Waals surface area (Å²) in [5.74, 6) is -0.161. The third kappa shape index (κ3) is 1.70. The maximum absolute atomic E-state index is 13.2. The van der Waals surface area contributed by atoms with E-state index in [1.165, 1.54) is 4.31 Å². The Labute approximate surface area is 149 Å². The van der Waals surface area contributed by atoms with Crippen LogP contribution >= 0.6 is 11.6 Å². The Morgan fingerprint density at radius 3 is 2.75 bits per heavy atom. The number of hydrogen-bond acceptors (Lipinski definition) is 5. The zero-order chi connectivity index (χ0) is 16.9. The summed E-state index contributed by atoms with van der Waals surface area (Å²) in [5.41, 5.74) is 0.452. The summed E-state index contributed by atoms with van der Waals surface area (Å²) < 4.78 is 39.8. The van der Waals surface area contributed by atoms with Crippen LogP contribution < -0.4 is 0 Å². The summed E-state index contributed by atoms with van der Waals surface area (Å²) in [4.78, 5) is 0.572. The van der Waals surface area contributed by atoms with Gasteiger partial charge in [-0.15, -0.1) is 4.31 Å². The quantitative estimate of drug-likeness (QED) is 0.340. The van der Waals surface area contributed by atoms with Gasteiger partial charge < -0.3 is 4.55 Å². The van der Waals surface area contributed by atoms with Crippen molar-refractivity contribution in [3.63, 3.8) is 0 Å². The number of hydrazine groups is 1. The van der Waals surface area contributed by atoms with E-state index in [0.29, 0.717) is 10.5 Å². The van der Waals surface area contributed by atoms with Gasteiger partial charge in [0.15, 0.2) is 4.90 Å². The van der Waals surface area contributed by atoms with Crippen LogP contribution in [0.15, 0.2) is 29.2 Å². The molecule has 0 N–H and O–H groups in total. The fourth-order valence-corrected chi connectivity index (χ4v) is 8.41. The molecule has 1 aromatic rings. The van der Waals surface area contributed by atoms with Crippen LogP contribution in [-0.4, -0.2) is 50.5 Å². The van der Waals surface area contributed by atoms with Crippen molar-refractivity contribution in [3.8, 4) is 0 Å². The van der Waals surface area contributed by atoms with Crippen LogP contribution in [0.1, 0.15) is 31.2 Å². The zero-order valence-corrected chi connectivity index (χ0v) is 15.6. The fraction of sp³-hybridized carbons (Fsp3) is 0.600. The maximum Gasteiger partial charge on any atom is 0.253 e. The number of sulfonamides is 1. The number of benzene rings is 1. The van der Waals surface area contributed by atoms with E-state index >= 15 is 0 Å². The first-order chi connectivity index (χ1) is 11.3. The second-order valence-corrected chi connectivity index (χ2v) is 10.6. The third-order valence-corrected chi connectivity index (χ3v) is 9.09. The van der Waals surface area contributed by atoms with Crippen LogP contribution in [-0.2, 0) is 27.0 Å². The van der Waals surface area contributed by atoms with Crippen molar-refractivity contribution in [1.82, 2.24) is 14.3 Å². The minimum atomic E-state index is -3.61. The molecule has 2 bridgehead atoms. The first kappa shape index (κ1) is 15.9. The van der Waals surface area contributed by atoms with Crippen molar-refractivity contribution in [1.29, 1.82) is 0 Å². The summed E-state index contributed by atoms with van der Waals surface area (Å²) in [6, 6.07) is 6.96. The molecule has 0 radical (unpaired) electrons. The van der Waals surface area contributed by atoms with Gasteiger partial charge in [-0.05, 0) is 30.1 Å². The molecule has 6 nitrogen and oxygen atoms in total. The lowest BCUT2D eigenvalue weighted by atomic mass is 9.88. The molecule has 0 amide bonds. The van der Waals surface area contributed by atoms with Crippen molar-refractivity contribution in [3.05, 3.63) is 29.8 Å². The maximum atomic E-state index is 13.2. The number of hydrogen-bond donors (Lipinski definition) is 0. The van der Waals surface area contributed by atoms with Crippen molar-refractivity contribution in [2.24, 2.45) is 0 Å². The van der Waals surface area contributed by atoms with Gasteiger partial charge in [0.25, 0.3) is 5.25 Å². The largest absolute Gasteiger partial charge is 0.612 e. The molecule has 4 atom stereocenters. The third-order valence-electron chi connectivity index (χ3n) is 5.68. The predicted molar refractivity (Wildman–Crippen MR) is 90.5 cm³/mol. The summed E-state index contributed by atoms with van der Waals surface area (Å²) >= 11 is 5.37. The molecule has 6 rings (SSSR count). The van der Waals surface area contributed by atoms with Gasteiger partial charge in [0.2, 0.25) is 10.0 Å². The normalized spacial score (nSPS) is 43.9. The van der Waals surface area contributed by atoms with E-state index in [-0.39, 0.29) is 17.5 Å².